The van der Waals surface area contributed by atoms with E-state index in [1.54, 1.807) is 6.08 Å². The average molecular weight is 382 g/mol. The molecule has 0 bridgehead atoms. The van der Waals surface area contributed by atoms with E-state index in [-0.39, 0.29) is 11.8 Å². The van der Waals surface area contributed by atoms with Gasteiger partial charge in [0.05, 0.1) is 0 Å². The second-order valence-electron chi connectivity index (χ2n) is 7.00. The number of rotatable bonds is 4. The normalized spacial score (nSPS) is 13.2. The molecule has 1 heterocycles. The van der Waals surface area contributed by atoms with E-state index in [2.05, 4.69) is 5.32 Å². The first-order valence-electron chi connectivity index (χ1n) is 9.75. The van der Waals surface area contributed by atoms with E-state index in [1.807, 2.05) is 83.8 Å². The lowest BCUT2D eigenvalue weighted by atomic mass is 10.00. The highest BCUT2D eigenvalue weighted by Gasteiger charge is 2.24. The van der Waals surface area contributed by atoms with Crippen molar-refractivity contribution in [3.05, 3.63) is 102 Å². The van der Waals surface area contributed by atoms with Gasteiger partial charge < -0.3 is 10.2 Å². The van der Waals surface area contributed by atoms with Gasteiger partial charge in [-0.25, -0.2) is 0 Å². The summed E-state index contributed by atoms with van der Waals surface area (Å²) >= 11 is 0. The predicted molar refractivity (Wildman–Crippen MR) is 117 cm³/mol. The number of amides is 2. The Balaban J connectivity index is 1.53. The van der Waals surface area contributed by atoms with Gasteiger partial charge in [-0.2, -0.15) is 0 Å². The first-order chi connectivity index (χ1) is 14.2. The summed E-state index contributed by atoms with van der Waals surface area (Å²) in [5, 5.41) is 2.90. The minimum Gasteiger partial charge on any atom is -0.322 e. The van der Waals surface area contributed by atoms with Crippen LogP contribution in [0.2, 0.25) is 0 Å². The molecule has 29 heavy (non-hydrogen) atoms. The minimum atomic E-state index is -0.203. The number of anilines is 2. The molecule has 4 heteroatoms. The molecule has 3 aromatic carbocycles. The van der Waals surface area contributed by atoms with Crippen LogP contribution in [0.1, 0.15) is 27.9 Å². The molecular formula is C25H22N2O2. The maximum Gasteiger partial charge on any atom is 0.258 e. The van der Waals surface area contributed by atoms with E-state index >= 15 is 0 Å². The van der Waals surface area contributed by atoms with E-state index in [9.17, 15) is 9.59 Å². The van der Waals surface area contributed by atoms with Crippen molar-refractivity contribution in [3.63, 3.8) is 0 Å². The second-order valence-corrected chi connectivity index (χ2v) is 7.00. The molecule has 1 N–H and O–H groups in total. The van der Waals surface area contributed by atoms with Crippen molar-refractivity contribution >= 4 is 29.3 Å². The molecular weight excluding hydrogens is 360 g/mol. The smallest absolute Gasteiger partial charge is 0.258 e. The van der Waals surface area contributed by atoms with Crippen molar-refractivity contribution in [2.75, 3.05) is 16.8 Å². The van der Waals surface area contributed by atoms with Crippen molar-refractivity contribution < 1.29 is 9.59 Å². The number of nitrogens with one attached hydrogen (secondary N) is 1. The fourth-order valence-electron chi connectivity index (χ4n) is 3.52. The zero-order valence-corrected chi connectivity index (χ0v) is 16.0. The van der Waals surface area contributed by atoms with E-state index in [4.69, 9.17) is 0 Å². The van der Waals surface area contributed by atoms with Gasteiger partial charge in [0.25, 0.3) is 5.91 Å². The molecule has 4 rings (SSSR count). The first kappa shape index (κ1) is 18.7. The summed E-state index contributed by atoms with van der Waals surface area (Å²) in [4.78, 5) is 27.1. The Morgan fingerprint density at radius 2 is 1.62 bits per heavy atom. The highest BCUT2D eigenvalue weighted by molar-refractivity contribution is 6.07. The molecule has 4 nitrogen and oxygen atoms in total. The van der Waals surface area contributed by atoms with E-state index in [0.717, 1.165) is 29.7 Å². The summed E-state index contributed by atoms with van der Waals surface area (Å²) in [7, 11) is 0. The van der Waals surface area contributed by atoms with Crippen LogP contribution < -0.4 is 10.2 Å². The Morgan fingerprint density at radius 1 is 0.897 bits per heavy atom. The Hall–Kier alpha value is -3.66. The predicted octanol–water partition coefficient (Wildman–Crippen LogP) is 4.93. The number of benzene rings is 3. The maximum atomic E-state index is 13.0. The van der Waals surface area contributed by atoms with Gasteiger partial charge in [-0.15, -0.1) is 0 Å². The highest BCUT2D eigenvalue weighted by atomic mass is 16.2. The molecule has 0 saturated heterocycles. The highest BCUT2D eigenvalue weighted by Crippen LogP contribution is 2.31. The largest absolute Gasteiger partial charge is 0.322 e. The van der Waals surface area contributed by atoms with Gasteiger partial charge in [-0.3, -0.25) is 9.59 Å². The molecule has 1 aliphatic rings. The van der Waals surface area contributed by atoms with Crippen LogP contribution in [0.3, 0.4) is 0 Å². The summed E-state index contributed by atoms with van der Waals surface area (Å²) in [5.74, 6) is -0.218. The summed E-state index contributed by atoms with van der Waals surface area (Å²) < 4.78 is 0. The summed E-state index contributed by atoms with van der Waals surface area (Å²) in [6.45, 7) is 0.673. The van der Waals surface area contributed by atoms with Crippen LogP contribution >= 0.6 is 0 Å². The zero-order valence-electron chi connectivity index (χ0n) is 16.0. The molecule has 0 aromatic heterocycles. The van der Waals surface area contributed by atoms with Crippen molar-refractivity contribution in [1.82, 2.24) is 0 Å². The first-order valence-corrected chi connectivity index (χ1v) is 9.75. The topological polar surface area (TPSA) is 49.4 Å². The average Bonchev–Trinajstić information content (AvgIpc) is 2.78. The van der Waals surface area contributed by atoms with Crippen LogP contribution in [0.15, 0.2) is 84.9 Å². The second kappa shape index (κ2) is 8.57. The molecule has 3 aromatic rings. The molecule has 2 amide bonds. The number of carbonyl (C=O) groups is 2. The number of nitrogens with zero attached hydrogens (tertiary/aromatic N) is 1. The van der Waals surface area contributed by atoms with E-state index in [0.29, 0.717) is 17.8 Å². The van der Waals surface area contributed by atoms with Gasteiger partial charge in [0, 0.05) is 29.6 Å². The Bertz CT molecular complexity index is 1040. The molecule has 0 radical (unpaired) electrons. The summed E-state index contributed by atoms with van der Waals surface area (Å²) in [5.41, 5.74) is 4.31. The number of aryl methyl sites for hydroxylation is 1. The van der Waals surface area contributed by atoms with Crippen LogP contribution in [0.5, 0.6) is 0 Å². The number of fused-ring (bicyclic) bond motifs is 1. The van der Waals surface area contributed by atoms with Gasteiger partial charge in [-0.1, -0.05) is 54.6 Å². The fourth-order valence-corrected chi connectivity index (χ4v) is 3.52. The Morgan fingerprint density at radius 3 is 2.38 bits per heavy atom. The SMILES string of the molecule is O=C(C=Cc1ccccc1)Nc1ccc2c(c1)N(C(=O)c1ccccc1)CCC2. The standard InChI is InChI=1S/C25H22N2O2/c28-24(16-13-19-8-3-1-4-9-19)26-22-15-14-20-12-7-17-27(23(20)18-22)25(29)21-10-5-2-6-11-21/h1-6,8-11,13-16,18H,7,12,17H2,(H,26,28). The van der Waals surface area contributed by atoms with Crippen molar-refractivity contribution in [2.45, 2.75) is 12.8 Å². The van der Waals surface area contributed by atoms with Gasteiger partial charge in [0.2, 0.25) is 5.91 Å². The number of hydrogen-bond acceptors (Lipinski definition) is 2. The molecule has 0 spiro atoms. The molecule has 0 unspecified atom stereocenters. The van der Waals surface area contributed by atoms with Crippen molar-refractivity contribution in [1.29, 1.82) is 0 Å². The third kappa shape index (κ3) is 4.43. The van der Waals surface area contributed by atoms with E-state index < -0.39 is 0 Å². The van der Waals surface area contributed by atoms with Crippen LogP contribution in [-0.2, 0) is 11.2 Å². The molecule has 0 atom stereocenters. The Kier molecular flexibility index (Phi) is 5.52. The molecule has 0 saturated carbocycles. The number of hydrogen-bond donors (Lipinski definition) is 1. The van der Waals surface area contributed by atoms with Crippen molar-refractivity contribution in [3.8, 4) is 0 Å². The van der Waals surface area contributed by atoms with Gasteiger partial charge in [0.15, 0.2) is 0 Å². The van der Waals surface area contributed by atoms with Crippen LogP contribution in [0.4, 0.5) is 11.4 Å². The third-order valence-electron chi connectivity index (χ3n) is 4.96. The van der Waals surface area contributed by atoms with Crippen LogP contribution in [0.25, 0.3) is 6.08 Å². The lowest BCUT2D eigenvalue weighted by molar-refractivity contribution is -0.111. The zero-order chi connectivity index (χ0) is 20.1. The van der Waals surface area contributed by atoms with Crippen molar-refractivity contribution in [2.24, 2.45) is 0 Å². The lowest BCUT2D eigenvalue weighted by Gasteiger charge is -2.30. The minimum absolute atomic E-state index is 0.0148. The van der Waals surface area contributed by atoms with Crippen LogP contribution in [0, 0.1) is 0 Å². The van der Waals surface area contributed by atoms with Gasteiger partial charge in [0.1, 0.15) is 0 Å². The van der Waals surface area contributed by atoms with Gasteiger partial charge >= 0.3 is 0 Å². The summed E-state index contributed by atoms with van der Waals surface area (Å²) in [6.07, 6.45) is 5.15. The van der Waals surface area contributed by atoms with E-state index in [1.165, 1.54) is 6.08 Å². The summed E-state index contributed by atoms with van der Waals surface area (Å²) in [6, 6.07) is 24.8. The third-order valence-corrected chi connectivity index (χ3v) is 4.96. The Labute approximate surface area is 170 Å². The molecule has 1 aliphatic heterocycles. The number of carbonyl (C=O) groups excluding carboxylic acids is 2. The lowest BCUT2D eigenvalue weighted by Crippen LogP contribution is -2.35. The fraction of sp³-hybridized carbons (Fsp3) is 0.120. The molecule has 0 fully saturated rings. The molecule has 144 valence electrons. The quantitative estimate of drug-likeness (QED) is 0.651. The monoisotopic (exact) mass is 382 g/mol. The molecule has 0 aliphatic carbocycles. The van der Waals surface area contributed by atoms with Gasteiger partial charge in [-0.05, 0) is 54.3 Å². The van der Waals surface area contributed by atoms with Crippen LogP contribution in [-0.4, -0.2) is 18.4 Å². The maximum absolute atomic E-state index is 13.0.